The number of carbonyl (C=O) groups is 2. The number of hydrogen-bond acceptors (Lipinski definition) is 5. The summed E-state index contributed by atoms with van der Waals surface area (Å²) in [6, 6.07) is 9.18. The fourth-order valence-electron chi connectivity index (χ4n) is 3.62. The quantitative estimate of drug-likeness (QED) is 0.624. The molecule has 2 amide bonds. The zero-order valence-corrected chi connectivity index (χ0v) is 17.2. The summed E-state index contributed by atoms with van der Waals surface area (Å²) in [5.41, 5.74) is 7.10. The van der Waals surface area contributed by atoms with Crippen LogP contribution in [0.2, 0.25) is 0 Å². The molecule has 7 nitrogen and oxygen atoms in total. The van der Waals surface area contributed by atoms with Gasteiger partial charge in [-0.05, 0) is 51.8 Å². The lowest BCUT2D eigenvalue weighted by Gasteiger charge is -2.13. The van der Waals surface area contributed by atoms with E-state index in [1.807, 2.05) is 38.1 Å². The van der Waals surface area contributed by atoms with Crippen LogP contribution in [0.25, 0.3) is 0 Å². The van der Waals surface area contributed by atoms with Crippen LogP contribution in [-0.2, 0) is 6.42 Å². The van der Waals surface area contributed by atoms with Crippen LogP contribution in [0.4, 0.5) is 5.69 Å². The molecular weight excluding hydrogens is 382 g/mol. The van der Waals surface area contributed by atoms with E-state index in [0.29, 0.717) is 29.1 Å². The monoisotopic (exact) mass is 405 g/mol. The first-order valence-corrected chi connectivity index (χ1v) is 9.85. The van der Waals surface area contributed by atoms with Gasteiger partial charge in [-0.3, -0.25) is 9.59 Å². The molecule has 1 aliphatic carbocycles. The average molecular weight is 405 g/mol. The number of furan rings is 2. The second-order valence-electron chi connectivity index (χ2n) is 7.42. The van der Waals surface area contributed by atoms with Crippen molar-refractivity contribution in [1.29, 1.82) is 0 Å². The normalized spacial score (nSPS) is 14.4. The number of benzene rings is 1. The molecule has 0 fully saturated rings. The van der Waals surface area contributed by atoms with Crippen molar-refractivity contribution in [2.45, 2.75) is 40.0 Å². The maximum Gasteiger partial charge on any atom is 0.291 e. The number of rotatable bonds is 4. The van der Waals surface area contributed by atoms with E-state index in [1.54, 1.807) is 13.0 Å². The van der Waals surface area contributed by atoms with Gasteiger partial charge in [-0.2, -0.15) is 5.10 Å². The minimum Gasteiger partial charge on any atom is -0.469 e. The molecule has 2 heterocycles. The molecular formula is C23H23N3O4. The Morgan fingerprint density at radius 2 is 1.77 bits per heavy atom. The predicted octanol–water partition coefficient (Wildman–Crippen LogP) is 4.52. The van der Waals surface area contributed by atoms with E-state index in [9.17, 15) is 9.59 Å². The maximum absolute atomic E-state index is 12.8. The lowest BCUT2D eigenvalue weighted by atomic mass is 9.93. The Bertz CT molecular complexity index is 1140. The molecule has 2 aromatic heterocycles. The molecule has 4 rings (SSSR count). The van der Waals surface area contributed by atoms with Crippen molar-refractivity contribution in [3.63, 3.8) is 0 Å². The SMILES string of the molecule is Cc1ccc(NC(=O)c2oc3c(c2C)/C(=N/NC(=O)c2ccoc2C)CCC3)cc1. The van der Waals surface area contributed by atoms with Gasteiger partial charge in [0.15, 0.2) is 5.76 Å². The topological polar surface area (TPSA) is 96.8 Å². The highest BCUT2D eigenvalue weighted by Gasteiger charge is 2.28. The molecule has 0 unspecified atom stereocenters. The van der Waals surface area contributed by atoms with E-state index in [-0.39, 0.29) is 17.6 Å². The molecule has 0 bridgehead atoms. The van der Waals surface area contributed by atoms with Crippen LogP contribution in [0.1, 0.15) is 62.0 Å². The minimum atomic E-state index is -0.334. The van der Waals surface area contributed by atoms with Crippen molar-refractivity contribution in [3.05, 3.63) is 76.1 Å². The van der Waals surface area contributed by atoms with E-state index >= 15 is 0 Å². The van der Waals surface area contributed by atoms with Crippen molar-refractivity contribution in [2.75, 3.05) is 5.32 Å². The molecule has 2 N–H and O–H groups in total. The highest BCUT2D eigenvalue weighted by atomic mass is 16.4. The van der Waals surface area contributed by atoms with Gasteiger partial charge in [0.05, 0.1) is 17.5 Å². The van der Waals surface area contributed by atoms with E-state index in [0.717, 1.165) is 35.3 Å². The molecule has 0 atom stereocenters. The largest absolute Gasteiger partial charge is 0.469 e. The second kappa shape index (κ2) is 8.02. The Hall–Kier alpha value is -3.61. The molecule has 0 saturated heterocycles. The average Bonchev–Trinajstić information content (AvgIpc) is 3.31. The van der Waals surface area contributed by atoms with Crippen LogP contribution in [0.5, 0.6) is 0 Å². The lowest BCUT2D eigenvalue weighted by Crippen LogP contribution is -2.22. The van der Waals surface area contributed by atoms with Gasteiger partial charge in [-0.15, -0.1) is 0 Å². The summed E-state index contributed by atoms with van der Waals surface area (Å²) in [4.78, 5) is 25.1. The Kier molecular flexibility index (Phi) is 5.27. The first kappa shape index (κ1) is 19.7. The molecule has 7 heteroatoms. The summed E-state index contributed by atoms with van der Waals surface area (Å²) in [7, 11) is 0. The van der Waals surface area contributed by atoms with Gasteiger partial charge in [0.1, 0.15) is 11.5 Å². The number of nitrogens with one attached hydrogen (secondary N) is 2. The smallest absolute Gasteiger partial charge is 0.291 e. The molecule has 30 heavy (non-hydrogen) atoms. The number of nitrogens with zero attached hydrogens (tertiary/aromatic N) is 1. The molecule has 0 radical (unpaired) electrons. The van der Waals surface area contributed by atoms with Gasteiger partial charge in [0, 0.05) is 23.2 Å². The molecule has 0 aliphatic heterocycles. The van der Waals surface area contributed by atoms with E-state index in [2.05, 4.69) is 15.8 Å². The van der Waals surface area contributed by atoms with E-state index in [4.69, 9.17) is 8.83 Å². The second-order valence-corrected chi connectivity index (χ2v) is 7.42. The molecule has 0 saturated carbocycles. The van der Waals surface area contributed by atoms with Crippen LogP contribution in [-0.4, -0.2) is 17.5 Å². The summed E-state index contributed by atoms with van der Waals surface area (Å²) in [6.45, 7) is 5.55. The predicted molar refractivity (Wildman–Crippen MR) is 113 cm³/mol. The third kappa shape index (κ3) is 3.78. The summed E-state index contributed by atoms with van der Waals surface area (Å²) in [6.07, 6.45) is 3.71. The summed E-state index contributed by atoms with van der Waals surface area (Å²) in [5, 5.41) is 7.20. The van der Waals surface area contributed by atoms with Crippen molar-refractivity contribution in [2.24, 2.45) is 5.10 Å². The highest BCUT2D eigenvalue weighted by Crippen LogP contribution is 2.30. The number of carbonyl (C=O) groups excluding carboxylic acids is 2. The zero-order valence-electron chi connectivity index (χ0n) is 17.2. The minimum absolute atomic E-state index is 0.271. The van der Waals surface area contributed by atoms with Gasteiger partial charge < -0.3 is 14.2 Å². The van der Waals surface area contributed by atoms with Gasteiger partial charge in [0.25, 0.3) is 11.8 Å². The molecule has 1 aliphatic rings. The first-order chi connectivity index (χ1) is 14.4. The Balaban J connectivity index is 1.57. The lowest BCUT2D eigenvalue weighted by molar-refractivity contribution is 0.0952. The van der Waals surface area contributed by atoms with Crippen LogP contribution in [0.3, 0.4) is 0 Å². The van der Waals surface area contributed by atoms with Crippen molar-refractivity contribution in [3.8, 4) is 0 Å². The number of aryl methyl sites for hydroxylation is 3. The summed E-state index contributed by atoms with van der Waals surface area (Å²) < 4.78 is 11.1. The number of hydrogen-bond donors (Lipinski definition) is 2. The van der Waals surface area contributed by atoms with E-state index in [1.165, 1.54) is 6.26 Å². The Morgan fingerprint density at radius 1 is 1.00 bits per heavy atom. The van der Waals surface area contributed by atoms with Crippen LogP contribution in [0.15, 0.2) is 50.5 Å². The number of hydrazone groups is 1. The fraction of sp³-hybridized carbons (Fsp3) is 0.261. The molecule has 1 aromatic carbocycles. The third-order valence-electron chi connectivity index (χ3n) is 5.24. The van der Waals surface area contributed by atoms with Gasteiger partial charge in [-0.25, -0.2) is 5.43 Å². The third-order valence-corrected chi connectivity index (χ3v) is 5.24. The Morgan fingerprint density at radius 3 is 2.47 bits per heavy atom. The standard InChI is InChI=1S/C23H23N3O4/c1-13-7-9-16(10-8-13)24-23(28)21-14(2)20-18(5-4-6-19(20)30-21)25-26-22(27)17-11-12-29-15(17)3/h7-12H,4-6H2,1-3H3,(H,24,28)(H,26,27)/b25-18+. The number of amides is 2. The highest BCUT2D eigenvalue weighted by molar-refractivity contribution is 6.09. The summed E-state index contributed by atoms with van der Waals surface area (Å²) >= 11 is 0. The van der Waals surface area contributed by atoms with E-state index < -0.39 is 0 Å². The van der Waals surface area contributed by atoms with Crippen LogP contribution >= 0.6 is 0 Å². The van der Waals surface area contributed by atoms with Gasteiger partial charge in [-0.1, -0.05) is 17.7 Å². The van der Waals surface area contributed by atoms with Crippen LogP contribution < -0.4 is 10.7 Å². The van der Waals surface area contributed by atoms with Crippen LogP contribution in [0, 0.1) is 20.8 Å². The molecule has 0 spiro atoms. The van der Waals surface area contributed by atoms with Crippen molar-refractivity contribution < 1.29 is 18.4 Å². The Labute approximate surface area is 174 Å². The maximum atomic E-state index is 12.8. The van der Waals surface area contributed by atoms with Gasteiger partial charge in [0.2, 0.25) is 0 Å². The number of anilines is 1. The number of fused-ring (bicyclic) bond motifs is 1. The van der Waals surface area contributed by atoms with Crippen molar-refractivity contribution >= 4 is 23.2 Å². The fourth-order valence-corrected chi connectivity index (χ4v) is 3.62. The first-order valence-electron chi connectivity index (χ1n) is 9.85. The van der Waals surface area contributed by atoms with Crippen molar-refractivity contribution in [1.82, 2.24) is 5.43 Å². The molecule has 154 valence electrons. The molecule has 3 aromatic rings. The zero-order chi connectivity index (χ0) is 21.3. The van der Waals surface area contributed by atoms with Gasteiger partial charge >= 0.3 is 0 Å². The summed E-state index contributed by atoms with van der Waals surface area (Å²) in [5.74, 6) is 0.890.